The van der Waals surface area contributed by atoms with Gasteiger partial charge in [-0.1, -0.05) is 0 Å². The van der Waals surface area contributed by atoms with E-state index in [2.05, 4.69) is 30.8 Å². The first-order valence-corrected chi connectivity index (χ1v) is 6.12. The Kier molecular flexibility index (Phi) is 2.13. The van der Waals surface area contributed by atoms with E-state index >= 15 is 0 Å². The highest BCUT2D eigenvalue weighted by Crippen LogP contribution is 2.36. The summed E-state index contributed by atoms with van der Waals surface area (Å²) in [5.74, 6) is 0. The molecule has 76 valence electrons. The van der Waals surface area contributed by atoms with Crippen molar-refractivity contribution in [3.05, 3.63) is 16.1 Å². The standard InChI is InChI=1S/C10H14BrN3/c11-10-13-8-6-12-5-4-9(8)14(10)7-2-1-3-7/h7,12H,1-6H2. The second-order valence-corrected chi connectivity index (χ2v) is 4.87. The lowest BCUT2D eigenvalue weighted by Crippen LogP contribution is -2.27. The zero-order valence-electron chi connectivity index (χ0n) is 8.09. The van der Waals surface area contributed by atoms with E-state index in [-0.39, 0.29) is 0 Å². The Morgan fingerprint density at radius 2 is 2.29 bits per heavy atom. The van der Waals surface area contributed by atoms with Crippen molar-refractivity contribution in [1.29, 1.82) is 0 Å². The quantitative estimate of drug-likeness (QED) is 0.833. The molecule has 0 bridgehead atoms. The number of hydrogen-bond acceptors (Lipinski definition) is 2. The smallest absolute Gasteiger partial charge is 0.177 e. The summed E-state index contributed by atoms with van der Waals surface area (Å²) in [4.78, 5) is 4.57. The predicted molar refractivity (Wildman–Crippen MR) is 58.2 cm³/mol. The molecule has 1 saturated carbocycles. The number of rotatable bonds is 1. The fourth-order valence-corrected chi connectivity index (χ4v) is 3.03. The van der Waals surface area contributed by atoms with Crippen molar-refractivity contribution in [3.8, 4) is 0 Å². The minimum absolute atomic E-state index is 0.721. The lowest BCUT2D eigenvalue weighted by Gasteiger charge is -2.30. The van der Waals surface area contributed by atoms with Gasteiger partial charge in [0.2, 0.25) is 0 Å². The van der Waals surface area contributed by atoms with Gasteiger partial charge < -0.3 is 9.88 Å². The van der Waals surface area contributed by atoms with Gasteiger partial charge in [-0.2, -0.15) is 0 Å². The van der Waals surface area contributed by atoms with E-state index in [1.807, 2.05) is 0 Å². The Labute approximate surface area is 92.0 Å². The summed E-state index contributed by atoms with van der Waals surface area (Å²) >= 11 is 3.58. The summed E-state index contributed by atoms with van der Waals surface area (Å²) in [6.07, 6.45) is 5.16. The molecule has 1 aliphatic carbocycles. The van der Waals surface area contributed by atoms with Crippen LogP contribution in [-0.2, 0) is 13.0 Å². The first-order chi connectivity index (χ1) is 6.86. The molecule has 3 rings (SSSR count). The van der Waals surface area contributed by atoms with Crippen LogP contribution in [0.4, 0.5) is 0 Å². The summed E-state index contributed by atoms with van der Waals surface area (Å²) in [5.41, 5.74) is 2.70. The molecule has 3 nitrogen and oxygen atoms in total. The lowest BCUT2D eigenvalue weighted by atomic mass is 9.92. The van der Waals surface area contributed by atoms with Crippen LogP contribution in [0.1, 0.15) is 36.7 Å². The number of nitrogens with one attached hydrogen (secondary N) is 1. The van der Waals surface area contributed by atoms with Crippen molar-refractivity contribution >= 4 is 15.9 Å². The summed E-state index contributed by atoms with van der Waals surface area (Å²) in [5, 5.41) is 3.36. The van der Waals surface area contributed by atoms with Crippen LogP contribution >= 0.6 is 15.9 Å². The Balaban J connectivity index is 2.03. The Bertz CT molecular complexity index is 354. The van der Waals surface area contributed by atoms with Gasteiger partial charge in [-0.3, -0.25) is 0 Å². The molecule has 0 radical (unpaired) electrons. The first kappa shape index (κ1) is 8.92. The maximum absolute atomic E-state index is 4.57. The summed E-state index contributed by atoms with van der Waals surface area (Å²) < 4.78 is 3.45. The Morgan fingerprint density at radius 3 is 3.00 bits per heavy atom. The molecule has 0 atom stereocenters. The largest absolute Gasteiger partial charge is 0.319 e. The van der Waals surface area contributed by atoms with Gasteiger partial charge in [-0.15, -0.1) is 0 Å². The van der Waals surface area contributed by atoms with Crippen LogP contribution in [0.2, 0.25) is 0 Å². The number of halogens is 1. The Morgan fingerprint density at radius 1 is 1.43 bits per heavy atom. The zero-order valence-corrected chi connectivity index (χ0v) is 9.68. The third-order valence-corrected chi connectivity index (χ3v) is 3.88. The van der Waals surface area contributed by atoms with E-state index in [0.29, 0.717) is 0 Å². The summed E-state index contributed by atoms with van der Waals surface area (Å²) in [7, 11) is 0. The topological polar surface area (TPSA) is 29.9 Å². The fraction of sp³-hybridized carbons (Fsp3) is 0.700. The molecule has 0 unspecified atom stereocenters. The van der Waals surface area contributed by atoms with Crippen LogP contribution < -0.4 is 5.32 Å². The number of nitrogens with zero attached hydrogens (tertiary/aromatic N) is 2. The first-order valence-electron chi connectivity index (χ1n) is 5.32. The van der Waals surface area contributed by atoms with Gasteiger partial charge in [-0.25, -0.2) is 4.98 Å². The maximum atomic E-state index is 4.57. The molecular weight excluding hydrogens is 242 g/mol. The third-order valence-electron chi connectivity index (χ3n) is 3.32. The van der Waals surface area contributed by atoms with Crippen LogP contribution in [0.5, 0.6) is 0 Å². The van der Waals surface area contributed by atoms with Gasteiger partial charge in [0.1, 0.15) is 0 Å². The zero-order chi connectivity index (χ0) is 9.54. The third kappa shape index (κ3) is 1.24. The molecule has 0 spiro atoms. The average molecular weight is 256 g/mol. The molecule has 1 N–H and O–H groups in total. The molecule has 1 aromatic heterocycles. The number of imidazole rings is 1. The normalized spacial score (nSPS) is 21.8. The second kappa shape index (κ2) is 3.35. The van der Waals surface area contributed by atoms with Crippen molar-refractivity contribution in [3.63, 3.8) is 0 Å². The molecule has 1 aliphatic heterocycles. The van der Waals surface area contributed by atoms with Crippen LogP contribution in [-0.4, -0.2) is 16.1 Å². The van der Waals surface area contributed by atoms with E-state index in [9.17, 15) is 0 Å². The minimum atomic E-state index is 0.721. The number of fused-ring (bicyclic) bond motifs is 1. The SMILES string of the molecule is Brc1nc2c(n1C1CCC1)CCNC2. The average Bonchev–Trinajstić information content (AvgIpc) is 2.41. The molecular formula is C10H14BrN3. The van der Waals surface area contributed by atoms with Gasteiger partial charge in [-0.05, 0) is 35.2 Å². The summed E-state index contributed by atoms with van der Waals surface area (Å²) in [6.45, 7) is 2.03. The van der Waals surface area contributed by atoms with Gasteiger partial charge in [0.25, 0.3) is 0 Å². The van der Waals surface area contributed by atoms with Crippen molar-refractivity contribution in [2.45, 2.75) is 38.3 Å². The van der Waals surface area contributed by atoms with Crippen LogP contribution in [0.15, 0.2) is 4.73 Å². The molecule has 14 heavy (non-hydrogen) atoms. The minimum Gasteiger partial charge on any atom is -0.319 e. The highest BCUT2D eigenvalue weighted by Gasteiger charge is 2.27. The molecule has 0 aromatic carbocycles. The molecule has 2 aliphatic rings. The van der Waals surface area contributed by atoms with E-state index in [0.717, 1.165) is 30.3 Å². The highest BCUT2D eigenvalue weighted by atomic mass is 79.9. The van der Waals surface area contributed by atoms with Crippen LogP contribution in [0.25, 0.3) is 0 Å². The van der Waals surface area contributed by atoms with E-state index in [1.54, 1.807) is 0 Å². The highest BCUT2D eigenvalue weighted by molar-refractivity contribution is 9.10. The number of aromatic nitrogens is 2. The van der Waals surface area contributed by atoms with Crippen LogP contribution in [0, 0.1) is 0 Å². The Hall–Kier alpha value is -0.350. The number of hydrogen-bond donors (Lipinski definition) is 1. The van der Waals surface area contributed by atoms with Crippen molar-refractivity contribution in [2.75, 3.05) is 6.54 Å². The molecule has 1 fully saturated rings. The van der Waals surface area contributed by atoms with Crippen molar-refractivity contribution in [1.82, 2.24) is 14.9 Å². The second-order valence-electron chi connectivity index (χ2n) is 4.16. The van der Waals surface area contributed by atoms with E-state index in [1.165, 1.54) is 30.7 Å². The van der Waals surface area contributed by atoms with Crippen LogP contribution in [0.3, 0.4) is 0 Å². The van der Waals surface area contributed by atoms with Gasteiger partial charge in [0.15, 0.2) is 4.73 Å². The molecule has 4 heteroatoms. The monoisotopic (exact) mass is 255 g/mol. The summed E-state index contributed by atoms with van der Waals surface area (Å²) in [6, 6.07) is 0.721. The predicted octanol–water partition coefficient (Wildman–Crippen LogP) is 2.02. The lowest BCUT2D eigenvalue weighted by molar-refractivity contribution is 0.301. The molecule has 2 heterocycles. The van der Waals surface area contributed by atoms with Gasteiger partial charge in [0, 0.05) is 31.2 Å². The van der Waals surface area contributed by atoms with E-state index in [4.69, 9.17) is 0 Å². The molecule has 0 saturated heterocycles. The maximum Gasteiger partial charge on any atom is 0.177 e. The fourth-order valence-electron chi connectivity index (χ4n) is 2.32. The van der Waals surface area contributed by atoms with Crippen molar-refractivity contribution in [2.24, 2.45) is 0 Å². The van der Waals surface area contributed by atoms with E-state index < -0.39 is 0 Å². The molecule has 0 amide bonds. The van der Waals surface area contributed by atoms with Gasteiger partial charge >= 0.3 is 0 Å². The molecule has 1 aromatic rings. The van der Waals surface area contributed by atoms with Crippen molar-refractivity contribution < 1.29 is 0 Å². The van der Waals surface area contributed by atoms with Gasteiger partial charge in [0.05, 0.1) is 5.69 Å².